The number of aliphatic carboxylic acids is 1. The van der Waals surface area contributed by atoms with Crippen LogP contribution in [-0.2, 0) is 14.3 Å². The first-order valence-electron chi connectivity index (χ1n) is 11.0. The predicted octanol–water partition coefficient (Wildman–Crippen LogP) is 6.31. The number of ether oxygens (including phenoxy) is 1. The lowest BCUT2D eigenvalue weighted by atomic mass is 9.86. The van der Waals surface area contributed by atoms with E-state index >= 15 is 0 Å². The van der Waals surface area contributed by atoms with Gasteiger partial charge >= 0.3 is 0 Å². The molecule has 0 radical (unpaired) electrons. The van der Waals surface area contributed by atoms with Gasteiger partial charge in [-0.3, -0.25) is 9.59 Å². The van der Waals surface area contributed by atoms with E-state index in [0.29, 0.717) is 16.0 Å². The number of carbonyl (C=O) groups excluding carboxylic acids is 1. The fourth-order valence-electron chi connectivity index (χ4n) is 4.49. The Labute approximate surface area is 199 Å². The average molecular weight is 478 g/mol. The van der Waals surface area contributed by atoms with Gasteiger partial charge in [0.1, 0.15) is 12.7 Å². The molecule has 2 unspecified atom stereocenters. The Balaban J connectivity index is 0.000000668. The molecule has 1 N–H and O–H groups in total. The largest absolute Gasteiger partial charge is 0.481 e. The van der Waals surface area contributed by atoms with Gasteiger partial charge in [-0.25, -0.2) is 0 Å². The van der Waals surface area contributed by atoms with Gasteiger partial charge in [-0.2, -0.15) is 0 Å². The lowest BCUT2D eigenvalue weighted by molar-refractivity contribution is -0.160. The molecule has 7 heteroatoms. The molecule has 2 fully saturated rings. The normalized spacial score (nSPS) is 21.6. The number of amides is 1. The maximum atomic E-state index is 12.9. The third-order valence-electron chi connectivity index (χ3n) is 5.90. The summed E-state index contributed by atoms with van der Waals surface area (Å²) in [5.41, 5.74) is 2.03. The van der Waals surface area contributed by atoms with Crippen molar-refractivity contribution in [2.45, 2.75) is 51.2 Å². The molecule has 0 bridgehead atoms. The lowest BCUT2D eigenvalue weighted by Crippen LogP contribution is -2.47. The van der Waals surface area contributed by atoms with Gasteiger partial charge in [0, 0.05) is 23.5 Å². The van der Waals surface area contributed by atoms with Crippen molar-refractivity contribution in [1.29, 1.82) is 0 Å². The van der Waals surface area contributed by atoms with Crippen LogP contribution in [-0.4, -0.2) is 35.0 Å². The molecule has 2 aromatic rings. The predicted molar refractivity (Wildman–Crippen MR) is 126 cm³/mol. The molecule has 0 aromatic heterocycles. The molecular weight excluding hydrogens is 449 g/mol. The summed E-state index contributed by atoms with van der Waals surface area (Å²) in [6.45, 7) is 1.97. The molecule has 2 aromatic carbocycles. The number of carbonyl (C=O) groups is 2. The molecule has 4 rings (SSSR count). The molecule has 32 heavy (non-hydrogen) atoms. The van der Waals surface area contributed by atoms with Crippen LogP contribution in [0.5, 0.6) is 0 Å². The summed E-state index contributed by atoms with van der Waals surface area (Å²) in [6.07, 6.45) is 5.96. The van der Waals surface area contributed by atoms with Crippen LogP contribution >= 0.6 is 23.2 Å². The molecule has 1 aliphatic carbocycles. The highest BCUT2D eigenvalue weighted by atomic mass is 35.5. The molecule has 1 aliphatic heterocycles. The van der Waals surface area contributed by atoms with Crippen molar-refractivity contribution in [1.82, 2.24) is 4.90 Å². The van der Waals surface area contributed by atoms with Crippen LogP contribution in [0, 0.1) is 5.92 Å². The molecule has 1 amide bonds. The average Bonchev–Trinajstić information content (AvgIpc) is 2.76. The Morgan fingerprint density at radius 2 is 1.69 bits per heavy atom. The summed E-state index contributed by atoms with van der Waals surface area (Å²) in [5.74, 6) is -0.214. The minimum Gasteiger partial charge on any atom is -0.481 e. The van der Waals surface area contributed by atoms with Crippen molar-refractivity contribution < 1.29 is 19.4 Å². The van der Waals surface area contributed by atoms with Gasteiger partial charge in [0.25, 0.3) is 5.97 Å². The molecular formula is C25H29Cl2NO4. The third-order valence-corrected chi connectivity index (χ3v) is 6.38. The standard InChI is InChI=1S/C23H25Cl2NO2.C2H4O2/c24-19-11-9-17(10-12-19)22-23(18-7-4-8-20(25)13-18)28-15-21(27)26(22)14-16-5-2-1-3-6-16;1-2(3)4/h4,7-13,16,22-23H,1-3,5-6,14-15H2;1H3,(H,3,4). The number of hydrogen-bond acceptors (Lipinski definition) is 3. The van der Waals surface area contributed by atoms with E-state index < -0.39 is 5.97 Å². The van der Waals surface area contributed by atoms with Crippen molar-refractivity contribution in [3.8, 4) is 0 Å². The highest BCUT2D eigenvalue weighted by Crippen LogP contribution is 2.42. The van der Waals surface area contributed by atoms with Crippen molar-refractivity contribution in [3.05, 3.63) is 69.7 Å². The molecule has 2 atom stereocenters. The summed E-state index contributed by atoms with van der Waals surface area (Å²) in [7, 11) is 0. The van der Waals surface area contributed by atoms with Crippen LogP contribution in [0.2, 0.25) is 10.0 Å². The van der Waals surface area contributed by atoms with E-state index in [1.54, 1.807) is 0 Å². The number of nitrogens with zero attached hydrogens (tertiary/aromatic N) is 1. The highest BCUT2D eigenvalue weighted by Gasteiger charge is 2.39. The Morgan fingerprint density at radius 3 is 2.31 bits per heavy atom. The number of benzene rings is 2. The first kappa shape index (κ1) is 24.6. The van der Waals surface area contributed by atoms with Crippen molar-refractivity contribution in [2.75, 3.05) is 13.2 Å². The zero-order chi connectivity index (χ0) is 23.1. The highest BCUT2D eigenvalue weighted by molar-refractivity contribution is 6.30. The van der Waals surface area contributed by atoms with Gasteiger partial charge in [-0.1, -0.05) is 66.7 Å². The molecule has 1 heterocycles. The van der Waals surface area contributed by atoms with Gasteiger partial charge in [-0.05, 0) is 54.2 Å². The van der Waals surface area contributed by atoms with Gasteiger partial charge < -0.3 is 14.7 Å². The first-order chi connectivity index (χ1) is 15.3. The van der Waals surface area contributed by atoms with Gasteiger partial charge in [0.05, 0.1) is 6.04 Å². The van der Waals surface area contributed by atoms with Crippen LogP contribution in [0.1, 0.15) is 62.3 Å². The van der Waals surface area contributed by atoms with E-state index in [-0.39, 0.29) is 24.7 Å². The maximum Gasteiger partial charge on any atom is 0.300 e. The number of hydrogen-bond donors (Lipinski definition) is 1. The molecule has 1 saturated heterocycles. The quantitative estimate of drug-likeness (QED) is 0.560. The fourth-order valence-corrected chi connectivity index (χ4v) is 4.82. The molecule has 0 spiro atoms. The minimum absolute atomic E-state index is 0.0591. The van der Waals surface area contributed by atoms with Gasteiger partial charge in [0.15, 0.2) is 0 Å². The summed E-state index contributed by atoms with van der Waals surface area (Å²) < 4.78 is 6.07. The summed E-state index contributed by atoms with van der Waals surface area (Å²) in [5, 5.41) is 8.77. The monoisotopic (exact) mass is 477 g/mol. The van der Waals surface area contributed by atoms with Crippen LogP contribution in [0.3, 0.4) is 0 Å². The maximum absolute atomic E-state index is 12.9. The number of halogens is 2. The SMILES string of the molecule is CC(=O)O.O=C1COC(c2cccc(Cl)c2)C(c2ccc(Cl)cc2)N1CC1CCCCC1. The van der Waals surface area contributed by atoms with Crippen LogP contribution in [0.4, 0.5) is 0 Å². The Morgan fingerprint density at radius 1 is 1.03 bits per heavy atom. The van der Waals surface area contributed by atoms with E-state index in [1.165, 1.54) is 32.1 Å². The summed E-state index contributed by atoms with van der Waals surface area (Å²) in [6, 6.07) is 15.3. The lowest BCUT2D eigenvalue weighted by Gasteiger charge is -2.43. The summed E-state index contributed by atoms with van der Waals surface area (Å²) in [4.78, 5) is 23.9. The van der Waals surface area contributed by atoms with Crippen molar-refractivity contribution in [3.63, 3.8) is 0 Å². The second kappa shape index (κ2) is 11.7. The molecule has 172 valence electrons. The van der Waals surface area contributed by atoms with E-state index in [2.05, 4.69) is 0 Å². The Hall–Kier alpha value is -2.08. The molecule has 2 aliphatic rings. The van der Waals surface area contributed by atoms with Crippen LogP contribution in [0.25, 0.3) is 0 Å². The van der Waals surface area contributed by atoms with E-state index in [1.807, 2.05) is 53.4 Å². The molecule has 1 saturated carbocycles. The summed E-state index contributed by atoms with van der Waals surface area (Å²) >= 11 is 12.4. The van der Waals surface area contributed by atoms with E-state index in [9.17, 15) is 4.79 Å². The third kappa shape index (κ3) is 6.71. The Kier molecular flexibility index (Phi) is 8.97. The zero-order valence-electron chi connectivity index (χ0n) is 18.2. The van der Waals surface area contributed by atoms with Crippen LogP contribution in [0.15, 0.2) is 48.5 Å². The number of carboxylic acids is 1. The van der Waals surface area contributed by atoms with Crippen molar-refractivity contribution in [2.24, 2.45) is 5.92 Å². The second-order valence-electron chi connectivity index (χ2n) is 8.35. The van der Waals surface area contributed by atoms with E-state index in [4.69, 9.17) is 37.8 Å². The Bertz CT molecular complexity index is 908. The second-order valence-corrected chi connectivity index (χ2v) is 9.23. The first-order valence-corrected chi connectivity index (χ1v) is 11.7. The fraction of sp³-hybridized carbons (Fsp3) is 0.440. The zero-order valence-corrected chi connectivity index (χ0v) is 19.7. The topological polar surface area (TPSA) is 66.8 Å². The van der Waals surface area contributed by atoms with Gasteiger partial charge in [-0.15, -0.1) is 0 Å². The van der Waals surface area contributed by atoms with E-state index in [0.717, 1.165) is 24.6 Å². The van der Waals surface area contributed by atoms with Gasteiger partial charge in [0.2, 0.25) is 5.91 Å². The number of carboxylic acid groups (broad SMARTS) is 1. The van der Waals surface area contributed by atoms with Crippen molar-refractivity contribution >= 4 is 35.1 Å². The minimum atomic E-state index is -0.833. The number of rotatable bonds is 4. The smallest absolute Gasteiger partial charge is 0.300 e. The van der Waals surface area contributed by atoms with Crippen LogP contribution < -0.4 is 0 Å². The molecule has 5 nitrogen and oxygen atoms in total. The number of morpholine rings is 1.